The van der Waals surface area contributed by atoms with Gasteiger partial charge in [-0.15, -0.1) is 12.4 Å². The fourth-order valence-electron chi connectivity index (χ4n) is 2.91. The summed E-state index contributed by atoms with van der Waals surface area (Å²) in [5, 5.41) is 3.40. The third-order valence-corrected chi connectivity index (χ3v) is 4.85. The van der Waals surface area contributed by atoms with Gasteiger partial charge in [0, 0.05) is 36.7 Å². The molecular formula is C15H21BrClFN2. The van der Waals surface area contributed by atoms with Crippen molar-refractivity contribution in [3.63, 3.8) is 0 Å². The van der Waals surface area contributed by atoms with Gasteiger partial charge in [0.05, 0.1) is 0 Å². The zero-order chi connectivity index (χ0) is 13.2. The van der Waals surface area contributed by atoms with Crippen molar-refractivity contribution in [3.8, 4) is 0 Å². The van der Waals surface area contributed by atoms with E-state index in [0.717, 1.165) is 36.6 Å². The molecule has 1 heterocycles. The van der Waals surface area contributed by atoms with Crippen molar-refractivity contribution in [1.29, 1.82) is 0 Å². The molecule has 0 aromatic heterocycles. The van der Waals surface area contributed by atoms with Gasteiger partial charge in [-0.05, 0) is 30.0 Å². The molecule has 1 aliphatic heterocycles. The van der Waals surface area contributed by atoms with Crippen molar-refractivity contribution < 1.29 is 4.39 Å². The lowest BCUT2D eigenvalue weighted by Crippen LogP contribution is -2.45. The second kappa shape index (κ2) is 7.21. The van der Waals surface area contributed by atoms with Crippen molar-refractivity contribution in [1.82, 2.24) is 10.2 Å². The highest BCUT2D eigenvalue weighted by molar-refractivity contribution is 9.10. The molecule has 0 unspecified atom stereocenters. The summed E-state index contributed by atoms with van der Waals surface area (Å²) < 4.78 is 14.2. The summed E-state index contributed by atoms with van der Waals surface area (Å²) in [5.74, 6) is 0.706. The van der Waals surface area contributed by atoms with E-state index in [2.05, 4.69) is 26.1 Å². The van der Waals surface area contributed by atoms with E-state index in [-0.39, 0.29) is 18.2 Å². The lowest BCUT2D eigenvalue weighted by atomic mass is 9.98. The van der Waals surface area contributed by atoms with Crippen LogP contribution in [0.15, 0.2) is 22.7 Å². The summed E-state index contributed by atoms with van der Waals surface area (Å²) in [7, 11) is 0. The van der Waals surface area contributed by atoms with E-state index in [0.29, 0.717) is 6.04 Å². The molecule has 5 heteroatoms. The molecule has 112 valence electrons. The Balaban J connectivity index is 0.00000147. The molecule has 1 saturated heterocycles. The molecule has 20 heavy (non-hydrogen) atoms. The Morgan fingerprint density at radius 2 is 2.00 bits per heavy atom. The van der Waals surface area contributed by atoms with Crippen LogP contribution in [-0.4, -0.2) is 31.1 Å². The smallest absolute Gasteiger partial charge is 0.124 e. The second-order valence-corrected chi connectivity index (χ2v) is 6.50. The average molecular weight is 364 g/mol. The van der Waals surface area contributed by atoms with Crippen molar-refractivity contribution in [2.24, 2.45) is 5.92 Å². The minimum Gasteiger partial charge on any atom is -0.314 e. The van der Waals surface area contributed by atoms with Gasteiger partial charge < -0.3 is 5.32 Å². The summed E-state index contributed by atoms with van der Waals surface area (Å²) >= 11 is 3.54. The number of hydrogen-bond acceptors (Lipinski definition) is 2. The molecule has 1 aliphatic carbocycles. The molecular weight excluding hydrogens is 343 g/mol. The SMILES string of the molecule is Cl.Fc1ccc([C@@H](CC2CC2)N2CCNCC2)c(Br)c1. The summed E-state index contributed by atoms with van der Waals surface area (Å²) in [6.07, 6.45) is 3.94. The molecule has 0 amide bonds. The van der Waals surface area contributed by atoms with E-state index >= 15 is 0 Å². The highest BCUT2D eigenvalue weighted by atomic mass is 79.9. The summed E-state index contributed by atoms with van der Waals surface area (Å²) in [6, 6.07) is 5.57. The molecule has 1 saturated carbocycles. The Morgan fingerprint density at radius 3 is 2.60 bits per heavy atom. The second-order valence-electron chi connectivity index (χ2n) is 5.65. The molecule has 1 atom stereocenters. The van der Waals surface area contributed by atoms with Crippen LogP contribution in [0.25, 0.3) is 0 Å². The Hall–Kier alpha value is -0.160. The number of halogens is 3. The van der Waals surface area contributed by atoms with E-state index in [4.69, 9.17) is 0 Å². The Bertz CT molecular complexity index is 447. The lowest BCUT2D eigenvalue weighted by molar-refractivity contribution is 0.160. The van der Waals surface area contributed by atoms with Crippen LogP contribution in [0, 0.1) is 11.7 Å². The highest BCUT2D eigenvalue weighted by Gasteiger charge is 2.31. The first-order valence-corrected chi connectivity index (χ1v) is 7.93. The van der Waals surface area contributed by atoms with Gasteiger partial charge in [0.25, 0.3) is 0 Å². The fourth-order valence-corrected chi connectivity index (χ4v) is 3.52. The van der Waals surface area contributed by atoms with Crippen LogP contribution >= 0.6 is 28.3 Å². The predicted molar refractivity (Wildman–Crippen MR) is 85.9 cm³/mol. The predicted octanol–water partition coefficient (Wildman–Crippen LogP) is 3.76. The van der Waals surface area contributed by atoms with E-state index in [9.17, 15) is 4.39 Å². The van der Waals surface area contributed by atoms with E-state index in [1.165, 1.54) is 24.8 Å². The molecule has 0 bridgehead atoms. The normalized spacial score (nSPS) is 21.3. The van der Waals surface area contributed by atoms with Crippen molar-refractivity contribution in [3.05, 3.63) is 34.1 Å². The van der Waals surface area contributed by atoms with E-state index in [1.54, 1.807) is 12.1 Å². The summed E-state index contributed by atoms with van der Waals surface area (Å²) in [6.45, 7) is 4.28. The van der Waals surface area contributed by atoms with Gasteiger partial charge in [0.1, 0.15) is 5.82 Å². The molecule has 1 N–H and O–H groups in total. The molecule has 1 aromatic rings. The van der Waals surface area contributed by atoms with Gasteiger partial charge in [-0.3, -0.25) is 4.90 Å². The summed E-state index contributed by atoms with van der Waals surface area (Å²) in [4.78, 5) is 2.55. The van der Waals surface area contributed by atoms with Crippen LogP contribution in [0.2, 0.25) is 0 Å². The van der Waals surface area contributed by atoms with Crippen LogP contribution in [0.4, 0.5) is 4.39 Å². The van der Waals surface area contributed by atoms with E-state index in [1.807, 2.05) is 6.07 Å². The lowest BCUT2D eigenvalue weighted by Gasteiger charge is -2.36. The maximum Gasteiger partial charge on any atom is 0.124 e. The minimum absolute atomic E-state index is 0. The van der Waals surface area contributed by atoms with Crippen molar-refractivity contribution >= 4 is 28.3 Å². The average Bonchev–Trinajstić information content (AvgIpc) is 3.22. The Kier molecular flexibility index (Phi) is 5.84. The molecule has 2 nitrogen and oxygen atoms in total. The van der Waals surface area contributed by atoms with Crippen LogP contribution in [-0.2, 0) is 0 Å². The number of hydrogen-bond donors (Lipinski definition) is 1. The van der Waals surface area contributed by atoms with Crippen molar-refractivity contribution in [2.45, 2.75) is 25.3 Å². The summed E-state index contributed by atoms with van der Waals surface area (Å²) in [5.41, 5.74) is 1.25. The number of benzene rings is 1. The van der Waals surface area contributed by atoms with Gasteiger partial charge in [0.15, 0.2) is 0 Å². The van der Waals surface area contributed by atoms with Crippen LogP contribution in [0.5, 0.6) is 0 Å². The third-order valence-electron chi connectivity index (χ3n) is 4.17. The fraction of sp³-hybridized carbons (Fsp3) is 0.600. The standard InChI is InChI=1S/C15H20BrFN2.ClH/c16-14-10-12(17)3-4-13(14)15(9-11-1-2-11)19-7-5-18-6-8-19;/h3-4,10-11,15,18H,1-2,5-9H2;1H/t15-;/m1./s1. The van der Waals surface area contributed by atoms with Gasteiger partial charge in [-0.1, -0.05) is 34.8 Å². The topological polar surface area (TPSA) is 15.3 Å². The molecule has 3 rings (SSSR count). The van der Waals surface area contributed by atoms with Crippen molar-refractivity contribution in [2.75, 3.05) is 26.2 Å². The number of rotatable bonds is 4. The maximum absolute atomic E-state index is 13.3. The van der Waals surface area contributed by atoms with Gasteiger partial charge in [-0.2, -0.15) is 0 Å². The number of piperazine rings is 1. The van der Waals surface area contributed by atoms with Gasteiger partial charge >= 0.3 is 0 Å². The Labute approximate surface area is 134 Å². The first kappa shape index (κ1) is 16.2. The zero-order valence-corrected chi connectivity index (χ0v) is 13.9. The van der Waals surface area contributed by atoms with Crippen LogP contribution in [0.1, 0.15) is 30.9 Å². The molecule has 0 spiro atoms. The van der Waals surface area contributed by atoms with Crippen LogP contribution in [0.3, 0.4) is 0 Å². The highest BCUT2D eigenvalue weighted by Crippen LogP contribution is 2.41. The largest absolute Gasteiger partial charge is 0.314 e. The first-order valence-electron chi connectivity index (χ1n) is 7.14. The Morgan fingerprint density at radius 1 is 1.30 bits per heavy atom. The third kappa shape index (κ3) is 3.94. The van der Waals surface area contributed by atoms with Gasteiger partial charge in [-0.25, -0.2) is 4.39 Å². The van der Waals surface area contributed by atoms with Crippen LogP contribution < -0.4 is 5.32 Å². The first-order chi connectivity index (χ1) is 9.24. The maximum atomic E-state index is 13.3. The molecule has 1 aromatic carbocycles. The number of nitrogens with zero attached hydrogens (tertiary/aromatic N) is 1. The van der Waals surface area contributed by atoms with Gasteiger partial charge in [0.2, 0.25) is 0 Å². The molecule has 2 aliphatic rings. The molecule has 2 fully saturated rings. The molecule has 0 radical (unpaired) electrons. The van der Waals surface area contributed by atoms with E-state index < -0.39 is 0 Å². The number of nitrogens with one attached hydrogen (secondary N) is 1. The monoisotopic (exact) mass is 362 g/mol. The quantitative estimate of drug-likeness (QED) is 0.876. The zero-order valence-electron chi connectivity index (χ0n) is 11.4. The minimum atomic E-state index is -0.166.